The smallest absolute Gasteiger partial charge is 0.220 e. The Balaban J connectivity index is 3.96. The van der Waals surface area contributed by atoms with Crippen molar-refractivity contribution in [2.24, 2.45) is 10.9 Å². The van der Waals surface area contributed by atoms with E-state index in [2.05, 4.69) is 10.5 Å². The summed E-state index contributed by atoms with van der Waals surface area (Å²) in [4.78, 5) is 11.2. The van der Waals surface area contributed by atoms with Crippen molar-refractivity contribution in [3.63, 3.8) is 0 Å². The van der Waals surface area contributed by atoms with E-state index in [1.54, 1.807) is 0 Å². The predicted octanol–water partition coefficient (Wildman–Crippen LogP) is 0.818. The highest BCUT2D eigenvalue weighted by atomic mass is 16.4. The van der Waals surface area contributed by atoms with Crippen LogP contribution in [0.2, 0.25) is 0 Å². The Morgan fingerprint density at radius 3 is 2.64 bits per heavy atom. The Bertz CT molecular complexity index is 204. The number of rotatable bonds is 6. The van der Waals surface area contributed by atoms with Crippen molar-refractivity contribution >= 4 is 11.7 Å². The van der Waals surface area contributed by atoms with Crippen LogP contribution in [0.15, 0.2) is 5.16 Å². The van der Waals surface area contributed by atoms with Crippen molar-refractivity contribution < 1.29 is 10.0 Å². The summed E-state index contributed by atoms with van der Waals surface area (Å²) in [5.74, 6) is 0.165. The van der Waals surface area contributed by atoms with E-state index < -0.39 is 0 Å². The highest BCUT2D eigenvalue weighted by molar-refractivity contribution is 5.81. The summed E-state index contributed by atoms with van der Waals surface area (Å²) in [5.41, 5.74) is 5.35. The summed E-state index contributed by atoms with van der Waals surface area (Å²) in [5, 5.41) is 14.1. The number of oxime groups is 1. The lowest BCUT2D eigenvalue weighted by Gasteiger charge is -2.15. The van der Waals surface area contributed by atoms with Crippen molar-refractivity contribution in [3.05, 3.63) is 0 Å². The number of nitrogens with two attached hydrogens (primary N) is 1. The normalized spacial score (nSPS) is 13.7. The van der Waals surface area contributed by atoms with Crippen molar-refractivity contribution in [2.45, 2.75) is 45.6 Å². The molecule has 14 heavy (non-hydrogen) atoms. The van der Waals surface area contributed by atoms with Crippen LogP contribution < -0.4 is 11.1 Å². The monoisotopic (exact) mass is 201 g/mol. The first kappa shape index (κ1) is 12.7. The molecule has 0 aliphatic carbocycles. The Hall–Kier alpha value is -1.26. The van der Waals surface area contributed by atoms with Gasteiger partial charge in [0.2, 0.25) is 5.91 Å². The zero-order chi connectivity index (χ0) is 11.0. The number of amides is 1. The minimum absolute atomic E-state index is 0.0186. The van der Waals surface area contributed by atoms with Crippen LogP contribution in [-0.2, 0) is 4.79 Å². The molecule has 1 atom stereocenters. The molecule has 0 rings (SSSR count). The van der Waals surface area contributed by atoms with E-state index in [-0.39, 0.29) is 17.8 Å². The van der Waals surface area contributed by atoms with E-state index in [0.717, 1.165) is 12.8 Å². The first-order valence-corrected chi connectivity index (χ1v) is 4.89. The number of hydrogen-bond acceptors (Lipinski definition) is 3. The maximum absolute atomic E-state index is 11.2. The summed E-state index contributed by atoms with van der Waals surface area (Å²) in [6, 6.07) is -0.0371. The molecule has 0 heterocycles. The maximum atomic E-state index is 11.2. The lowest BCUT2D eigenvalue weighted by atomic mass is 10.1. The number of amidine groups is 1. The predicted molar refractivity (Wildman–Crippen MR) is 55.2 cm³/mol. The van der Waals surface area contributed by atoms with E-state index in [9.17, 15) is 4.79 Å². The van der Waals surface area contributed by atoms with Gasteiger partial charge < -0.3 is 16.3 Å². The van der Waals surface area contributed by atoms with Gasteiger partial charge in [-0.2, -0.15) is 0 Å². The summed E-state index contributed by atoms with van der Waals surface area (Å²) in [6.07, 6.45) is 2.51. The molecule has 0 aromatic carbocycles. The molecule has 0 aliphatic rings. The maximum Gasteiger partial charge on any atom is 0.220 e. The number of carbonyl (C=O) groups is 1. The second-order valence-electron chi connectivity index (χ2n) is 3.22. The van der Waals surface area contributed by atoms with E-state index in [4.69, 9.17) is 10.9 Å². The first-order chi connectivity index (χ1) is 6.63. The van der Waals surface area contributed by atoms with E-state index >= 15 is 0 Å². The topological polar surface area (TPSA) is 87.7 Å². The van der Waals surface area contributed by atoms with Crippen molar-refractivity contribution in [3.8, 4) is 0 Å². The molecule has 5 heteroatoms. The molecule has 5 nitrogen and oxygen atoms in total. The number of hydrogen-bond donors (Lipinski definition) is 3. The van der Waals surface area contributed by atoms with Crippen LogP contribution in [0.3, 0.4) is 0 Å². The number of carbonyl (C=O) groups excluding carboxylic acids is 1. The third kappa shape index (κ3) is 5.40. The largest absolute Gasteiger partial charge is 0.409 e. The van der Waals surface area contributed by atoms with Gasteiger partial charge in [-0.15, -0.1) is 0 Å². The lowest BCUT2D eigenvalue weighted by Crippen LogP contribution is -2.37. The standard InChI is InChI=1S/C9H19N3O2/c1-3-5-9(13)11-7(4-2)6-8(10)12-14/h7,14H,3-6H2,1-2H3,(H2,10,12)(H,11,13). The van der Waals surface area contributed by atoms with Gasteiger partial charge in [-0.05, 0) is 12.8 Å². The van der Waals surface area contributed by atoms with Crippen LogP contribution >= 0.6 is 0 Å². The number of nitrogens with one attached hydrogen (secondary N) is 1. The third-order valence-corrected chi connectivity index (χ3v) is 1.92. The lowest BCUT2D eigenvalue weighted by molar-refractivity contribution is -0.121. The van der Waals surface area contributed by atoms with Crippen LogP contribution in [-0.4, -0.2) is 23.0 Å². The molecule has 1 unspecified atom stereocenters. The van der Waals surface area contributed by atoms with Crippen LogP contribution in [0.4, 0.5) is 0 Å². The second kappa shape index (κ2) is 7.17. The molecule has 0 aromatic heterocycles. The van der Waals surface area contributed by atoms with Gasteiger partial charge in [-0.25, -0.2) is 0 Å². The minimum atomic E-state index is -0.0371. The van der Waals surface area contributed by atoms with E-state index in [0.29, 0.717) is 12.8 Å². The Labute approximate surface area is 84.4 Å². The van der Waals surface area contributed by atoms with Crippen LogP contribution in [0.1, 0.15) is 39.5 Å². The third-order valence-electron chi connectivity index (χ3n) is 1.92. The average molecular weight is 201 g/mol. The molecule has 0 aliphatic heterocycles. The van der Waals surface area contributed by atoms with Gasteiger partial charge in [0.25, 0.3) is 0 Å². The Kier molecular flexibility index (Phi) is 6.53. The fourth-order valence-corrected chi connectivity index (χ4v) is 1.12. The fraction of sp³-hybridized carbons (Fsp3) is 0.778. The number of nitrogens with zero attached hydrogens (tertiary/aromatic N) is 1. The average Bonchev–Trinajstić information content (AvgIpc) is 2.16. The molecule has 0 bridgehead atoms. The molecule has 0 spiro atoms. The molecule has 0 saturated carbocycles. The molecular formula is C9H19N3O2. The van der Waals surface area contributed by atoms with Gasteiger partial charge in [-0.1, -0.05) is 19.0 Å². The van der Waals surface area contributed by atoms with E-state index in [1.165, 1.54) is 0 Å². The van der Waals surface area contributed by atoms with E-state index in [1.807, 2.05) is 13.8 Å². The highest BCUT2D eigenvalue weighted by Crippen LogP contribution is 1.99. The first-order valence-electron chi connectivity index (χ1n) is 4.89. The summed E-state index contributed by atoms with van der Waals surface area (Å²) >= 11 is 0. The van der Waals surface area contributed by atoms with Gasteiger partial charge in [0, 0.05) is 18.9 Å². The van der Waals surface area contributed by atoms with Gasteiger partial charge in [0.15, 0.2) is 0 Å². The zero-order valence-electron chi connectivity index (χ0n) is 8.79. The molecular weight excluding hydrogens is 182 g/mol. The van der Waals surface area contributed by atoms with Crippen LogP contribution in [0.25, 0.3) is 0 Å². The second-order valence-corrected chi connectivity index (χ2v) is 3.22. The zero-order valence-corrected chi connectivity index (χ0v) is 8.79. The van der Waals surface area contributed by atoms with Gasteiger partial charge in [0.1, 0.15) is 5.84 Å². The summed E-state index contributed by atoms with van der Waals surface area (Å²) in [6.45, 7) is 3.89. The molecule has 0 saturated heterocycles. The molecule has 0 fully saturated rings. The highest BCUT2D eigenvalue weighted by Gasteiger charge is 2.11. The summed E-state index contributed by atoms with van der Waals surface area (Å²) in [7, 11) is 0. The minimum Gasteiger partial charge on any atom is -0.409 e. The van der Waals surface area contributed by atoms with Gasteiger partial charge in [-0.3, -0.25) is 4.79 Å². The van der Waals surface area contributed by atoms with Crippen LogP contribution in [0, 0.1) is 0 Å². The molecule has 4 N–H and O–H groups in total. The Morgan fingerprint density at radius 2 is 2.21 bits per heavy atom. The molecule has 0 radical (unpaired) electrons. The fourth-order valence-electron chi connectivity index (χ4n) is 1.12. The van der Waals surface area contributed by atoms with Crippen molar-refractivity contribution in [2.75, 3.05) is 0 Å². The SMILES string of the molecule is CCCC(=O)NC(CC)CC(N)=NO. The van der Waals surface area contributed by atoms with Gasteiger partial charge in [0.05, 0.1) is 0 Å². The van der Waals surface area contributed by atoms with Gasteiger partial charge >= 0.3 is 0 Å². The quantitative estimate of drug-likeness (QED) is 0.257. The van der Waals surface area contributed by atoms with Crippen LogP contribution in [0.5, 0.6) is 0 Å². The van der Waals surface area contributed by atoms with Crippen molar-refractivity contribution in [1.29, 1.82) is 0 Å². The molecule has 0 aromatic rings. The Morgan fingerprint density at radius 1 is 1.57 bits per heavy atom. The molecule has 82 valence electrons. The summed E-state index contributed by atoms with van der Waals surface area (Å²) < 4.78 is 0. The molecule has 1 amide bonds. The van der Waals surface area contributed by atoms with Crippen molar-refractivity contribution in [1.82, 2.24) is 5.32 Å².